The molecule has 0 spiro atoms. The molecular formula is C7H11Cl. The van der Waals surface area contributed by atoms with Gasteiger partial charge in [-0.3, -0.25) is 0 Å². The first-order valence-corrected chi connectivity index (χ1v) is 3.62. The normalized spacial score (nSPS) is 39.8. The summed E-state index contributed by atoms with van der Waals surface area (Å²) in [7, 11) is 0. The van der Waals surface area contributed by atoms with Gasteiger partial charge in [-0.25, -0.2) is 0 Å². The lowest BCUT2D eigenvalue weighted by atomic mass is 9.91. The van der Waals surface area contributed by atoms with Gasteiger partial charge in [0.25, 0.3) is 0 Å². The molecule has 1 heteroatoms. The third-order valence-electron chi connectivity index (χ3n) is 1.70. The Morgan fingerprint density at radius 1 is 1.12 bits per heavy atom. The molecule has 1 saturated carbocycles. The van der Waals surface area contributed by atoms with E-state index in [1.807, 2.05) is 0 Å². The molecule has 0 bridgehead atoms. The summed E-state index contributed by atoms with van der Waals surface area (Å²) < 4.78 is 0. The molecule has 0 unspecified atom stereocenters. The quantitative estimate of drug-likeness (QED) is 0.442. The highest BCUT2D eigenvalue weighted by Crippen LogP contribution is 2.26. The van der Waals surface area contributed by atoms with E-state index in [4.69, 9.17) is 18.5 Å². The van der Waals surface area contributed by atoms with Crippen molar-refractivity contribution in [2.45, 2.75) is 31.1 Å². The van der Waals surface area contributed by atoms with Gasteiger partial charge in [-0.05, 0) is 38.5 Å². The first-order valence-electron chi connectivity index (χ1n) is 3.18. The minimum atomic E-state index is 0.412. The minimum absolute atomic E-state index is 0.412. The molecule has 2 radical (unpaired) electrons. The summed E-state index contributed by atoms with van der Waals surface area (Å²) >= 11 is 5.83. The first kappa shape index (κ1) is 6.41. The molecule has 0 saturated heterocycles. The minimum Gasteiger partial charge on any atom is -0.123 e. The van der Waals surface area contributed by atoms with E-state index in [1.165, 1.54) is 0 Å². The van der Waals surface area contributed by atoms with Crippen LogP contribution in [0.3, 0.4) is 0 Å². The van der Waals surface area contributed by atoms with E-state index in [1.54, 1.807) is 0 Å². The Morgan fingerprint density at radius 3 is 2.00 bits per heavy atom. The van der Waals surface area contributed by atoms with Gasteiger partial charge in [-0.2, -0.15) is 0 Å². The van der Waals surface area contributed by atoms with Crippen LogP contribution < -0.4 is 0 Å². The maximum atomic E-state index is 5.83. The van der Waals surface area contributed by atoms with Crippen LogP contribution in [0.2, 0.25) is 0 Å². The third kappa shape index (κ3) is 1.66. The van der Waals surface area contributed by atoms with Gasteiger partial charge < -0.3 is 0 Å². The molecule has 1 rings (SSSR count). The van der Waals surface area contributed by atoms with Crippen LogP contribution in [0.1, 0.15) is 25.7 Å². The summed E-state index contributed by atoms with van der Waals surface area (Å²) in [5.41, 5.74) is 0. The zero-order chi connectivity index (χ0) is 5.98. The van der Waals surface area contributed by atoms with Crippen molar-refractivity contribution in [3.05, 3.63) is 6.92 Å². The van der Waals surface area contributed by atoms with Crippen molar-refractivity contribution in [2.24, 2.45) is 5.92 Å². The van der Waals surface area contributed by atoms with E-state index < -0.39 is 0 Å². The highest BCUT2D eigenvalue weighted by molar-refractivity contribution is 6.20. The highest BCUT2D eigenvalue weighted by atomic mass is 35.5. The highest BCUT2D eigenvalue weighted by Gasteiger charge is 2.14. The average molecular weight is 131 g/mol. The molecular weight excluding hydrogens is 120 g/mol. The molecule has 1 fully saturated rings. The zero-order valence-electron chi connectivity index (χ0n) is 4.94. The lowest BCUT2D eigenvalue weighted by Gasteiger charge is -2.20. The van der Waals surface area contributed by atoms with Crippen LogP contribution >= 0.6 is 11.6 Å². The van der Waals surface area contributed by atoms with Crippen LogP contribution in [-0.4, -0.2) is 5.38 Å². The van der Waals surface area contributed by atoms with Crippen LogP contribution in [0.25, 0.3) is 0 Å². The third-order valence-corrected chi connectivity index (χ3v) is 2.14. The van der Waals surface area contributed by atoms with Crippen LogP contribution in [-0.2, 0) is 0 Å². The Balaban J connectivity index is 2.19. The first-order chi connectivity index (χ1) is 3.79. The fourth-order valence-electron chi connectivity index (χ4n) is 1.08. The predicted molar refractivity (Wildman–Crippen MR) is 35.9 cm³/mol. The Kier molecular flexibility index (Phi) is 2.18. The van der Waals surface area contributed by atoms with Crippen molar-refractivity contribution in [1.82, 2.24) is 0 Å². The van der Waals surface area contributed by atoms with Crippen molar-refractivity contribution in [1.29, 1.82) is 0 Å². The summed E-state index contributed by atoms with van der Waals surface area (Å²) in [6.07, 6.45) is 4.47. The van der Waals surface area contributed by atoms with Gasteiger partial charge in [0, 0.05) is 5.38 Å². The summed E-state index contributed by atoms with van der Waals surface area (Å²) in [6, 6.07) is 0. The van der Waals surface area contributed by atoms with Crippen LogP contribution in [0, 0.1) is 12.8 Å². The molecule has 0 aromatic carbocycles. The van der Waals surface area contributed by atoms with Gasteiger partial charge in [0.1, 0.15) is 0 Å². The molecule has 0 aliphatic heterocycles. The second kappa shape index (κ2) is 2.72. The SMILES string of the molecule is [CH]C1CCC(Cl)CC1. The second-order valence-corrected chi connectivity index (χ2v) is 3.13. The molecule has 8 heavy (non-hydrogen) atoms. The Labute approximate surface area is 56.2 Å². The smallest absolute Gasteiger partial charge is 0.0336 e. The van der Waals surface area contributed by atoms with Gasteiger partial charge in [0.15, 0.2) is 0 Å². The zero-order valence-corrected chi connectivity index (χ0v) is 5.69. The Morgan fingerprint density at radius 2 is 1.62 bits per heavy atom. The monoisotopic (exact) mass is 130 g/mol. The van der Waals surface area contributed by atoms with Gasteiger partial charge in [-0.1, -0.05) is 0 Å². The molecule has 0 heterocycles. The van der Waals surface area contributed by atoms with Crippen molar-refractivity contribution in [3.8, 4) is 0 Å². The number of rotatable bonds is 0. The summed E-state index contributed by atoms with van der Waals surface area (Å²) in [6.45, 7) is 5.64. The molecule has 1 aliphatic rings. The summed E-state index contributed by atoms with van der Waals surface area (Å²) in [5.74, 6) is 0.435. The van der Waals surface area contributed by atoms with E-state index in [-0.39, 0.29) is 0 Å². The molecule has 0 amide bonds. The van der Waals surface area contributed by atoms with Crippen molar-refractivity contribution in [2.75, 3.05) is 0 Å². The fraction of sp³-hybridized carbons (Fsp3) is 0.857. The molecule has 1 aliphatic carbocycles. The molecule has 0 aromatic rings. The molecule has 46 valence electrons. The van der Waals surface area contributed by atoms with E-state index in [9.17, 15) is 0 Å². The van der Waals surface area contributed by atoms with Gasteiger partial charge >= 0.3 is 0 Å². The van der Waals surface area contributed by atoms with Crippen LogP contribution in [0.5, 0.6) is 0 Å². The van der Waals surface area contributed by atoms with E-state index in [2.05, 4.69) is 0 Å². The fourth-order valence-corrected chi connectivity index (χ4v) is 1.33. The Hall–Kier alpha value is 0.290. The number of hydrogen-bond donors (Lipinski definition) is 0. The number of hydrogen-bond acceptors (Lipinski definition) is 0. The van der Waals surface area contributed by atoms with Crippen molar-refractivity contribution >= 4 is 11.6 Å². The van der Waals surface area contributed by atoms with Crippen molar-refractivity contribution in [3.63, 3.8) is 0 Å². The van der Waals surface area contributed by atoms with Gasteiger partial charge in [-0.15, -0.1) is 11.6 Å². The topological polar surface area (TPSA) is 0 Å². The summed E-state index contributed by atoms with van der Waals surface area (Å²) in [5, 5.41) is 0.412. The van der Waals surface area contributed by atoms with Crippen molar-refractivity contribution < 1.29 is 0 Å². The van der Waals surface area contributed by atoms with Crippen LogP contribution in [0.15, 0.2) is 0 Å². The molecule has 0 N–H and O–H groups in total. The largest absolute Gasteiger partial charge is 0.123 e. The van der Waals surface area contributed by atoms with E-state index in [0.717, 1.165) is 25.7 Å². The number of alkyl halides is 1. The lowest BCUT2D eigenvalue weighted by Crippen LogP contribution is -2.11. The van der Waals surface area contributed by atoms with Gasteiger partial charge in [0.2, 0.25) is 0 Å². The van der Waals surface area contributed by atoms with E-state index >= 15 is 0 Å². The summed E-state index contributed by atoms with van der Waals surface area (Å²) in [4.78, 5) is 0. The average Bonchev–Trinajstić information content (AvgIpc) is 1.77. The van der Waals surface area contributed by atoms with Crippen LogP contribution in [0.4, 0.5) is 0 Å². The molecule has 0 nitrogen and oxygen atoms in total. The Bertz CT molecular complexity index is 52.8. The maximum absolute atomic E-state index is 5.83. The second-order valence-electron chi connectivity index (χ2n) is 2.51. The van der Waals surface area contributed by atoms with E-state index in [0.29, 0.717) is 11.3 Å². The lowest BCUT2D eigenvalue weighted by molar-refractivity contribution is 0.422. The van der Waals surface area contributed by atoms with Gasteiger partial charge in [0.05, 0.1) is 0 Å². The predicted octanol–water partition coefficient (Wildman–Crippen LogP) is 2.50. The molecule has 0 aromatic heterocycles. The maximum Gasteiger partial charge on any atom is 0.0336 e. The standard InChI is InChI=1S/C7H11Cl/c1-6-2-4-7(8)5-3-6/h1,6-7H,2-5H2. The number of halogens is 1. The molecule has 0 atom stereocenters.